The fourth-order valence-electron chi connectivity index (χ4n) is 2.46. The van der Waals surface area contributed by atoms with E-state index in [0.717, 1.165) is 5.56 Å². The third-order valence-electron chi connectivity index (χ3n) is 3.81. The van der Waals surface area contributed by atoms with Crippen LogP contribution in [0.5, 0.6) is 0 Å². The summed E-state index contributed by atoms with van der Waals surface area (Å²) in [5.41, 5.74) is 1.77. The largest absolute Gasteiger partial charge is 0.354 e. The van der Waals surface area contributed by atoms with Gasteiger partial charge in [0.15, 0.2) is 0 Å². The Kier molecular flexibility index (Phi) is 5.02. The number of carbonyl (C=O) groups excluding carboxylic acids is 3. The van der Waals surface area contributed by atoms with Gasteiger partial charge in [0.2, 0.25) is 11.5 Å². The number of aliphatic imine (C=N–C) groups is 1. The summed E-state index contributed by atoms with van der Waals surface area (Å²) in [5.74, 6) is -0.753. The molecule has 0 saturated heterocycles. The monoisotopic (exact) mass is 352 g/mol. The number of anilines is 1. The van der Waals surface area contributed by atoms with Crippen LogP contribution in [0.2, 0.25) is 0 Å². The number of aromatic nitrogens is 1. The van der Waals surface area contributed by atoms with Crippen LogP contribution in [0.3, 0.4) is 0 Å². The lowest BCUT2D eigenvalue weighted by atomic mass is 10.1. The molecule has 0 bridgehead atoms. The van der Waals surface area contributed by atoms with Gasteiger partial charge in [-0.05, 0) is 17.7 Å². The predicted octanol–water partition coefficient (Wildman–Crippen LogP) is 1.51. The number of rotatable bonds is 6. The number of ketones is 1. The van der Waals surface area contributed by atoms with Crippen LogP contribution in [0, 0.1) is 0 Å². The number of nitrogens with zero attached hydrogens (tertiary/aromatic N) is 2. The fraction of sp³-hybridized carbons (Fsp3) is 0.167. The molecule has 1 aromatic heterocycles. The van der Waals surface area contributed by atoms with Crippen LogP contribution in [0.25, 0.3) is 0 Å². The molecule has 0 aliphatic carbocycles. The first-order chi connectivity index (χ1) is 12.6. The van der Waals surface area contributed by atoms with Crippen molar-refractivity contribution >= 4 is 29.5 Å². The van der Waals surface area contributed by atoms with Crippen LogP contribution in [-0.2, 0) is 16.0 Å². The van der Waals surface area contributed by atoms with Crippen molar-refractivity contribution in [2.45, 2.75) is 12.8 Å². The first-order valence-corrected chi connectivity index (χ1v) is 7.90. The Morgan fingerprint density at radius 2 is 1.88 bits per heavy atom. The second-order valence-electron chi connectivity index (χ2n) is 5.55. The molecular weight excluding hydrogens is 336 g/mol. The summed E-state index contributed by atoms with van der Waals surface area (Å²) < 4.78 is 4.83. The van der Waals surface area contributed by atoms with Crippen molar-refractivity contribution in [1.29, 1.82) is 0 Å². The van der Waals surface area contributed by atoms with Crippen LogP contribution >= 0.6 is 0 Å². The second kappa shape index (κ2) is 7.56. The molecule has 0 saturated carbocycles. The van der Waals surface area contributed by atoms with Gasteiger partial charge in [0.05, 0.1) is 11.8 Å². The normalized spacial score (nSPS) is 13.0. The van der Waals surface area contributed by atoms with Crippen LogP contribution in [-0.4, -0.2) is 36.0 Å². The highest BCUT2D eigenvalue weighted by Crippen LogP contribution is 2.19. The molecule has 26 heavy (non-hydrogen) atoms. The van der Waals surface area contributed by atoms with E-state index in [4.69, 9.17) is 4.52 Å². The molecule has 132 valence electrons. The molecule has 0 spiro atoms. The van der Waals surface area contributed by atoms with Gasteiger partial charge in [-0.1, -0.05) is 17.3 Å². The highest BCUT2D eigenvalue weighted by Gasteiger charge is 2.23. The van der Waals surface area contributed by atoms with Gasteiger partial charge < -0.3 is 15.2 Å². The Labute approximate surface area is 149 Å². The van der Waals surface area contributed by atoms with E-state index in [-0.39, 0.29) is 29.6 Å². The molecule has 1 aromatic carbocycles. The third-order valence-corrected chi connectivity index (χ3v) is 3.81. The third kappa shape index (κ3) is 3.75. The first kappa shape index (κ1) is 17.3. The number of benzene rings is 1. The van der Waals surface area contributed by atoms with Crippen LogP contribution < -0.4 is 10.6 Å². The second-order valence-corrected chi connectivity index (χ2v) is 5.55. The maximum atomic E-state index is 12.4. The zero-order valence-electron chi connectivity index (χ0n) is 14.0. The van der Waals surface area contributed by atoms with E-state index in [0.29, 0.717) is 17.7 Å². The van der Waals surface area contributed by atoms with Gasteiger partial charge in [-0.2, -0.15) is 0 Å². The maximum absolute atomic E-state index is 12.4. The molecule has 8 nitrogen and oxygen atoms in total. The van der Waals surface area contributed by atoms with Crippen molar-refractivity contribution in [1.82, 2.24) is 10.5 Å². The summed E-state index contributed by atoms with van der Waals surface area (Å²) in [5, 5.41) is 8.70. The van der Waals surface area contributed by atoms with Crippen molar-refractivity contribution in [3.63, 3.8) is 0 Å². The van der Waals surface area contributed by atoms with Gasteiger partial charge in [-0.25, -0.2) is 0 Å². The topological polar surface area (TPSA) is 114 Å². The Bertz CT molecular complexity index is 896. The molecule has 3 rings (SSSR count). The van der Waals surface area contributed by atoms with Crippen LogP contribution in [0.1, 0.15) is 22.5 Å². The van der Waals surface area contributed by atoms with E-state index in [1.165, 1.54) is 25.5 Å². The number of nitrogens with one attached hydrogen (secondary N) is 2. The molecular formula is C18H16N4O4. The van der Waals surface area contributed by atoms with Crippen molar-refractivity contribution in [3.05, 3.63) is 59.1 Å². The number of carbonyl (C=O) groups is 3. The molecule has 1 aliphatic heterocycles. The van der Waals surface area contributed by atoms with Gasteiger partial charge >= 0.3 is 0 Å². The minimum Gasteiger partial charge on any atom is -0.354 e. The number of hydrogen-bond acceptors (Lipinski definition) is 6. The Morgan fingerprint density at radius 1 is 1.12 bits per heavy atom. The van der Waals surface area contributed by atoms with Gasteiger partial charge in [0, 0.05) is 37.9 Å². The van der Waals surface area contributed by atoms with Crippen molar-refractivity contribution in [2.75, 3.05) is 12.4 Å². The smallest absolute Gasteiger partial charge is 0.270 e. The lowest BCUT2D eigenvalue weighted by molar-refractivity contribution is -0.118. The molecule has 2 heterocycles. The van der Waals surface area contributed by atoms with Gasteiger partial charge in [0.1, 0.15) is 5.70 Å². The van der Waals surface area contributed by atoms with Gasteiger partial charge in [-0.15, -0.1) is 0 Å². The van der Waals surface area contributed by atoms with Crippen molar-refractivity contribution in [3.8, 4) is 0 Å². The van der Waals surface area contributed by atoms with E-state index in [1.807, 2.05) is 0 Å². The number of Topliss-reactive ketones (excluding diaryl/α,β-unsaturated/α-hetero) is 1. The van der Waals surface area contributed by atoms with E-state index >= 15 is 0 Å². The predicted molar refractivity (Wildman–Crippen MR) is 93.8 cm³/mol. The number of hydrogen-bond donors (Lipinski definition) is 2. The molecule has 2 aromatic rings. The minimum atomic E-state index is -0.398. The average Bonchev–Trinajstić information content (AvgIpc) is 3.34. The van der Waals surface area contributed by atoms with Gasteiger partial charge in [0.25, 0.3) is 11.8 Å². The Morgan fingerprint density at radius 3 is 2.54 bits per heavy atom. The highest BCUT2D eigenvalue weighted by molar-refractivity contribution is 6.13. The van der Waals surface area contributed by atoms with Gasteiger partial charge in [-0.3, -0.25) is 19.4 Å². The Balaban J connectivity index is 1.65. The van der Waals surface area contributed by atoms with E-state index in [1.54, 1.807) is 24.3 Å². The molecule has 0 fully saturated rings. The quantitative estimate of drug-likeness (QED) is 0.765. The standard InChI is InChI=1S/C18H16N4O4/c1-19-18(25)16-13(6-8-20-16)17(24)22-12-4-2-11(3-5-12)10-14(23)15-7-9-21-26-15/h2-5,7-9H,6,10H2,1H3,(H,19,25)(H,22,24). The molecule has 1 aliphatic rings. The van der Waals surface area contributed by atoms with Crippen LogP contribution in [0.4, 0.5) is 5.69 Å². The zero-order chi connectivity index (χ0) is 18.5. The lowest BCUT2D eigenvalue weighted by Crippen LogP contribution is -2.23. The van der Waals surface area contributed by atoms with E-state index in [2.05, 4.69) is 20.8 Å². The summed E-state index contributed by atoms with van der Waals surface area (Å²) in [6, 6.07) is 8.37. The molecule has 2 N–H and O–H groups in total. The summed E-state index contributed by atoms with van der Waals surface area (Å²) in [7, 11) is 1.48. The van der Waals surface area contributed by atoms with Crippen molar-refractivity contribution in [2.24, 2.45) is 4.99 Å². The van der Waals surface area contributed by atoms with E-state index < -0.39 is 5.91 Å². The molecule has 0 atom stereocenters. The minimum absolute atomic E-state index is 0.124. The van der Waals surface area contributed by atoms with Crippen LogP contribution in [0.15, 0.2) is 57.3 Å². The number of likely N-dealkylation sites (N-methyl/N-ethyl adjacent to an activating group) is 1. The summed E-state index contributed by atoms with van der Waals surface area (Å²) >= 11 is 0. The summed E-state index contributed by atoms with van der Waals surface area (Å²) in [6.45, 7) is 0. The molecule has 2 amide bonds. The van der Waals surface area contributed by atoms with Crippen molar-refractivity contribution < 1.29 is 18.9 Å². The molecule has 0 radical (unpaired) electrons. The SMILES string of the molecule is CNC(=O)C1=C(C(=O)Nc2ccc(CC(=O)c3ccno3)cc2)CC=N1. The number of amides is 2. The maximum Gasteiger partial charge on any atom is 0.270 e. The molecule has 0 unspecified atom stereocenters. The summed E-state index contributed by atoms with van der Waals surface area (Å²) in [6.07, 6.45) is 3.42. The summed E-state index contributed by atoms with van der Waals surface area (Å²) in [4.78, 5) is 40.0. The van der Waals surface area contributed by atoms with E-state index in [9.17, 15) is 14.4 Å². The molecule has 8 heteroatoms. The lowest BCUT2D eigenvalue weighted by Gasteiger charge is -2.08. The fourth-order valence-corrected chi connectivity index (χ4v) is 2.46. The average molecular weight is 352 g/mol. The zero-order valence-corrected chi connectivity index (χ0v) is 14.0. The Hall–Kier alpha value is -3.55. The first-order valence-electron chi connectivity index (χ1n) is 7.90. The highest BCUT2D eigenvalue weighted by atomic mass is 16.5.